The topological polar surface area (TPSA) is 60.9 Å². The molecule has 0 radical (unpaired) electrons. The van der Waals surface area contributed by atoms with E-state index in [4.69, 9.17) is 5.11 Å². The van der Waals surface area contributed by atoms with E-state index in [1.54, 1.807) is 29.8 Å². The van der Waals surface area contributed by atoms with Gasteiger partial charge in [-0.3, -0.25) is 0 Å². The van der Waals surface area contributed by atoms with Crippen LogP contribution in [0, 0.1) is 0 Å². The number of nitrogens with zero attached hydrogens (tertiary/aromatic N) is 2. The van der Waals surface area contributed by atoms with Gasteiger partial charge < -0.3 is 14.9 Å². The quantitative estimate of drug-likeness (QED) is 0.700. The van der Waals surface area contributed by atoms with Crippen molar-refractivity contribution in [3.63, 3.8) is 0 Å². The van der Waals surface area contributed by atoms with Crippen molar-refractivity contribution in [1.29, 1.82) is 0 Å². The van der Waals surface area contributed by atoms with Crippen molar-refractivity contribution < 1.29 is 14.7 Å². The van der Waals surface area contributed by atoms with Gasteiger partial charge in [-0.2, -0.15) is 0 Å². The molecule has 2 amide bonds. The molecule has 0 unspecified atom stereocenters. The van der Waals surface area contributed by atoms with Gasteiger partial charge in [-0.25, -0.2) is 9.59 Å². The Morgan fingerprint density at radius 1 is 1.53 bits per heavy atom. The molecular weight excluding hydrogens is 196 g/mol. The lowest BCUT2D eigenvalue weighted by molar-refractivity contribution is -0.132. The van der Waals surface area contributed by atoms with E-state index < -0.39 is 5.97 Å². The molecule has 1 fully saturated rings. The van der Waals surface area contributed by atoms with Gasteiger partial charge in [-0.15, -0.1) is 0 Å². The SMILES string of the molecule is CCC(=CCN1CCN(C)C1=O)C(=O)O. The number of likely N-dealkylation sites (N-methyl/N-ethyl adjacent to an activating group) is 1. The van der Waals surface area contributed by atoms with E-state index in [1.807, 2.05) is 0 Å². The molecule has 0 atom stereocenters. The highest BCUT2D eigenvalue weighted by atomic mass is 16.4. The fraction of sp³-hybridized carbons (Fsp3) is 0.600. The van der Waals surface area contributed by atoms with Crippen molar-refractivity contribution in [2.45, 2.75) is 13.3 Å². The Balaban J connectivity index is 2.56. The molecular formula is C10H16N2O3. The molecule has 1 N–H and O–H groups in total. The van der Waals surface area contributed by atoms with E-state index in [0.717, 1.165) is 0 Å². The first-order valence-corrected chi connectivity index (χ1v) is 4.98. The van der Waals surface area contributed by atoms with Crippen molar-refractivity contribution >= 4 is 12.0 Å². The monoisotopic (exact) mass is 212 g/mol. The van der Waals surface area contributed by atoms with Gasteiger partial charge in [0.1, 0.15) is 0 Å². The van der Waals surface area contributed by atoms with Crippen LogP contribution in [0.1, 0.15) is 13.3 Å². The third-order valence-electron chi connectivity index (χ3n) is 2.52. The van der Waals surface area contributed by atoms with Gasteiger partial charge in [0.05, 0.1) is 0 Å². The maximum Gasteiger partial charge on any atom is 0.331 e. The van der Waals surface area contributed by atoms with E-state index in [2.05, 4.69) is 0 Å². The van der Waals surface area contributed by atoms with Crippen molar-refractivity contribution in [2.75, 3.05) is 26.7 Å². The maximum atomic E-state index is 11.5. The highest BCUT2D eigenvalue weighted by Crippen LogP contribution is 2.07. The number of hydrogen-bond donors (Lipinski definition) is 1. The second kappa shape index (κ2) is 4.82. The first kappa shape index (κ1) is 11.6. The summed E-state index contributed by atoms with van der Waals surface area (Å²) in [5, 5.41) is 8.78. The van der Waals surface area contributed by atoms with Crippen molar-refractivity contribution in [3.05, 3.63) is 11.6 Å². The zero-order chi connectivity index (χ0) is 11.4. The van der Waals surface area contributed by atoms with Crippen LogP contribution in [0.25, 0.3) is 0 Å². The summed E-state index contributed by atoms with van der Waals surface area (Å²) in [6.45, 7) is 3.56. The molecule has 0 aromatic heterocycles. The second-order valence-corrected chi connectivity index (χ2v) is 3.54. The van der Waals surface area contributed by atoms with Crippen LogP contribution >= 0.6 is 0 Å². The number of aliphatic carboxylic acids is 1. The van der Waals surface area contributed by atoms with Gasteiger partial charge in [0.15, 0.2) is 0 Å². The summed E-state index contributed by atoms with van der Waals surface area (Å²) in [4.78, 5) is 25.4. The molecule has 84 valence electrons. The number of amides is 2. The van der Waals surface area contributed by atoms with E-state index in [0.29, 0.717) is 31.6 Å². The van der Waals surface area contributed by atoms with Gasteiger partial charge in [0.2, 0.25) is 0 Å². The third-order valence-corrected chi connectivity index (χ3v) is 2.52. The maximum absolute atomic E-state index is 11.5. The first-order valence-electron chi connectivity index (χ1n) is 4.98. The molecule has 0 aromatic carbocycles. The zero-order valence-corrected chi connectivity index (χ0v) is 9.06. The lowest BCUT2D eigenvalue weighted by atomic mass is 10.2. The normalized spacial score (nSPS) is 17.5. The minimum atomic E-state index is -0.905. The molecule has 0 spiro atoms. The lowest BCUT2D eigenvalue weighted by Crippen LogP contribution is -2.29. The Labute approximate surface area is 89.0 Å². The summed E-state index contributed by atoms with van der Waals surface area (Å²) < 4.78 is 0. The summed E-state index contributed by atoms with van der Waals surface area (Å²) in [5.74, 6) is -0.905. The number of hydrogen-bond acceptors (Lipinski definition) is 2. The van der Waals surface area contributed by atoms with Crippen molar-refractivity contribution in [2.24, 2.45) is 0 Å². The van der Waals surface area contributed by atoms with Gasteiger partial charge in [0.25, 0.3) is 0 Å². The summed E-state index contributed by atoms with van der Waals surface area (Å²) in [6.07, 6.45) is 2.09. The first-order chi connectivity index (χ1) is 7.06. The number of carbonyl (C=O) groups is 2. The van der Waals surface area contributed by atoms with Crippen LogP contribution in [0.15, 0.2) is 11.6 Å². The Kier molecular flexibility index (Phi) is 3.71. The minimum absolute atomic E-state index is 0.0351. The molecule has 1 heterocycles. The molecule has 1 aliphatic heterocycles. The van der Waals surface area contributed by atoms with Crippen LogP contribution in [-0.4, -0.2) is 53.6 Å². The highest BCUT2D eigenvalue weighted by Gasteiger charge is 2.24. The fourth-order valence-corrected chi connectivity index (χ4v) is 1.48. The van der Waals surface area contributed by atoms with E-state index >= 15 is 0 Å². The second-order valence-electron chi connectivity index (χ2n) is 3.54. The summed E-state index contributed by atoms with van der Waals surface area (Å²) in [6, 6.07) is -0.0351. The molecule has 0 saturated carbocycles. The zero-order valence-electron chi connectivity index (χ0n) is 9.06. The van der Waals surface area contributed by atoms with Gasteiger partial charge in [-0.05, 0) is 6.42 Å². The van der Waals surface area contributed by atoms with Crippen LogP contribution in [-0.2, 0) is 4.79 Å². The standard InChI is InChI=1S/C10H16N2O3/c1-3-8(9(13)14)4-5-12-7-6-11(2)10(12)15/h4H,3,5-7H2,1-2H3,(H,13,14). The fourth-order valence-electron chi connectivity index (χ4n) is 1.48. The van der Waals surface area contributed by atoms with E-state index in [1.165, 1.54) is 0 Å². The average molecular weight is 212 g/mol. The van der Waals surface area contributed by atoms with Crippen LogP contribution in [0.4, 0.5) is 4.79 Å². The molecule has 15 heavy (non-hydrogen) atoms. The molecule has 1 saturated heterocycles. The third kappa shape index (κ3) is 2.71. The Bertz CT molecular complexity index is 299. The van der Waals surface area contributed by atoms with Crippen LogP contribution in [0.2, 0.25) is 0 Å². The molecule has 1 rings (SSSR count). The Morgan fingerprint density at radius 3 is 2.60 bits per heavy atom. The number of carbonyl (C=O) groups excluding carboxylic acids is 1. The largest absolute Gasteiger partial charge is 0.478 e. The highest BCUT2D eigenvalue weighted by molar-refractivity contribution is 5.86. The average Bonchev–Trinajstić information content (AvgIpc) is 2.49. The van der Waals surface area contributed by atoms with E-state index in [9.17, 15) is 9.59 Å². The predicted octanol–water partition coefficient (Wildman–Crippen LogP) is 0.775. The molecule has 0 bridgehead atoms. The van der Waals surface area contributed by atoms with Gasteiger partial charge in [-0.1, -0.05) is 13.0 Å². The smallest absolute Gasteiger partial charge is 0.331 e. The van der Waals surface area contributed by atoms with Crippen molar-refractivity contribution in [3.8, 4) is 0 Å². The van der Waals surface area contributed by atoms with E-state index in [-0.39, 0.29) is 6.03 Å². The number of carboxylic acid groups (broad SMARTS) is 1. The summed E-state index contributed by atoms with van der Waals surface area (Å²) >= 11 is 0. The summed E-state index contributed by atoms with van der Waals surface area (Å²) in [5.41, 5.74) is 0.359. The predicted molar refractivity (Wildman–Crippen MR) is 55.6 cm³/mol. The minimum Gasteiger partial charge on any atom is -0.478 e. The van der Waals surface area contributed by atoms with Crippen LogP contribution in [0.3, 0.4) is 0 Å². The van der Waals surface area contributed by atoms with Gasteiger partial charge in [0, 0.05) is 32.3 Å². The van der Waals surface area contributed by atoms with Crippen LogP contribution in [0.5, 0.6) is 0 Å². The molecule has 0 aromatic rings. The van der Waals surface area contributed by atoms with Gasteiger partial charge >= 0.3 is 12.0 Å². The lowest BCUT2D eigenvalue weighted by Gasteiger charge is -2.13. The Hall–Kier alpha value is -1.52. The van der Waals surface area contributed by atoms with Crippen LogP contribution < -0.4 is 0 Å². The number of urea groups is 1. The number of carboxylic acids is 1. The number of rotatable bonds is 4. The molecule has 0 aliphatic carbocycles. The summed E-state index contributed by atoms with van der Waals surface area (Å²) in [7, 11) is 1.74. The molecule has 5 nitrogen and oxygen atoms in total. The molecule has 5 heteroatoms. The Morgan fingerprint density at radius 2 is 2.20 bits per heavy atom. The van der Waals surface area contributed by atoms with Crippen molar-refractivity contribution in [1.82, 2.24) is 9.80 Å². The molecule has 1 aliphatic rings.